The van der Waals surface area contributed by atoms with Gasteiger partial charge in [-0.3, -0.25) is 0 Å². The van der Waals surface area contributed by atoms with Gasteiger partial charge in [0.1, 0.15) is 5.82 Å². The highest BCUT2D eigenvalue weighted by Crippen LogP contribution is 2.18. The number of benzene rings is 1. The van der Waals surface area contributed by atoms with E-state index >= 15 is 0 Å². The van der Waals surface area contributed by atoms with Crippen LogP contribution in [0.3, 0.4) is 0 Å². The molecular formula is C19H24N6. The molecule has 1 aromatic carbocycles. The molecular weight excluding hydrogens is 312 g/mol. The van der Waals surface area contributed by atoms with Gasteiger partial charge in [-0.15, -0.1) is 0 Å². The highest BCUT2D eigenvalue weighted by Gasteiger charge is 2.21. The minimum absolute atomic E-state index is 0.433. The van der Waals surface area contributed by atoms with Gasteiger partial charge < -0.3 is 14.8 Å². The molecule has 2 aromatic heterocycles. The second-order valence-corrected chi connectivity index (χ2v) is 6.48. The summed E-state index contributed by atoms with van der Waals surface area (Å²) in [4.78, 5) is 15.8. The second-order valence-electron chi connectivity index (χ2n) is 6.48. The third-order valence-electron chi connectivity index (χ3n) is 4.86. The molecule has 25 heavy (non-hydrogen) atoms. The predicted molar refractivity (Wildman–Crippen MR) is 99.5 cm³/mol. The highest BCUT2D eigenvalue weighted by atomic mass is 15.3. The van der Waals surface area contributed by atoms with E-state index in [0.717, 1.165) is 49.9 Å². The standard InChI is InChI=1S/C19H24N6/c1-2-25-17-9-4-3-8-16(17)23-18(25)13-22-15-7-5-12-24(14-15)19-20-10-6-11-21-19/h3-4,6,8-11,15,22H,2,5,7,12-14H2,1H3/t15-/m1/s1. The number of para-hydroxylation sites is 2. The molecule has 1 aliphatic rings. The van der Waals surface area contributed by atoms with Gasteiger partial charge in [0.25, 0.3) is 0 Å². The zero-order valence-electron chi connectivity index (χ0n) is 14.6. The number of piperidine rings is 1. The Bertz CT molecular complexity index is 828. The molecule has 3 aromatic rings. The maximum absolute atomic E-state index is 4.81. The number of hydrogen-bond donors (Lipinski definition) is 1. The highest BCUT2D eigenvalue weighted by molar-refractivity contribution is 5.75. The molecule has 0 radical (unpaired) electrons. The van der Waals surface area contributed by atoms with Crippen molar-refractivity contribution in [3.8, 4) is 0 Å². The Morgan fingerprint density at radius 3 is 2.84 bits per heavy atom. The predicted octanol–water partition coefficient (Wildman–Crippen LogP) is 2.60. The van der Waals surface area contributed by atoms with Crippen molar-refractivity contribution >= 4 is 17.0 Å². The van der Waals surface area contributed by atoms with Crippen molar-refractivity contribution in [1.82, 2.24) is 24.8 Å². The van der Waals surface area contributed by atoms with Gasteiger partial charge in [0.05, 0.1) is 17.6 Å². The van der Waals surface area contributed by atoms with Gasteiger partial charge in [0.15, 0.2) is 0 Å². The summed E-state index contributed by atoms with van der Waals surface area (Å²) < 4.78 is 2.29. The lowest BCUT2D eigenvalue weighted by Gasteiger charge is -2.33. The van der Waals surface area contributed by atoms with E-state index in [-0.39, 0.29) is 0 Å². The Balaban J connectivity index is 1.44. The third kappa shape index (κ3) is 3.35. The van der Waals surface area contributed by atoms with Crippen molar-refractivity contribution in [2.24, 2.45) is 0 Å². The van der Waals surface area contributed by atoms with Gasteiger partial charge in [-0.1, -0.05) is 12.1 Å². The topological polar surface area (TPSA) is 58.9 Å². The summed E-state index contributed by atoms with van der Waals surface area (Å²) >= 11 is 0. The quantitative estimate of drug-likeness (QED) is 0.776. The molecule has 1 N–H and O–H groups in total. The van der Waals surface area contributed by atoms with Crippen molar-refractivity contribution in [3.05, 3.63) is 48.5 Å². The molecule has 0 saturated carbocycles. The molecule has 1 fully saturated rings. The largest absolute Gasteiger partial charge is 0.339 e. The van der Waals surface area contributed by atoms with E-state index in [1.54, 1.807) is 0 Å². The molecule has 6 heteroatoms. The molecule has 0 spiro atoms. The van der Waals surface area contributed by atoms with Crippen LogP contribution in [0.2, 0.25) is 0 Å². The van der Waals surface area contributed by atoms with Gasteiger partial charge in [0, 0.05) is 38.1 Å². The summed E-state index contributed by atoms with van der Waals surface area (Å²) in [7, 11) is 0. The van der Waals surface area contributed by atoms with Gasteiger partial charge in [-0.25, -0.2) is 15.0 Å². The Morgan fingerprint density at radius 1 is 1.16 bits per heavy atom. The van der Waals surface area contributed by atoms with E-state index in [9.17, 15) is 0 Å². The van der Waals surface area contributed by atoms with Crippen LogP contribution in [-0.4, -0.2) is 38.7 Å². The summed E-state index contributed by atoms with van der Waals surface area (Å²) in [6, 6.07) is 10.6. The SMILES string of the molecule is CCn1c(CN[C@@H]2CCCN(c3ncccn3)C2)nc2ccccc21. The summed E-state index contributed by atoms with van der Waals surface area (Å²) in [6.07, 6.45) is 5.95. The molecule has 0 unspecified atom stereocenters. The Labute approximate surface area is 147 Å². The van der Waals surface area contributed by atoms with Crippen LogP contribution in [0.1, 0.15) is 25.6 Å². The van der Waals surface area contributed by atoms with Crippen LogP contribution in [0.25, 0.3) is 11.0 Å². The van der Waals surface area contributed by atoms with Crippen molar-refractivity contribution in [1.29, 1.82) is 0 Å². The summed E-state index contributed by atoms with van der Waals surface area (Å²) in [6.45, 7) is 5.86. The Hall–Kier alpha value is -2.47. The van der Waals surface area contributed by atoms with E-state index in [1.165, 1.54) is 11.9 Å². The summed E-state index contributed by atoms with van der Waals surface area (Å²) in [5, 5.41) is 3.69. The molecule has 0 bridgehead atoms. The molecule has 1 aliphatic heterocycles. The fourth-order valence-corrected chi connectivity index (χ4v) is 3.63. The summed E-state index contributed by atoms with van der Waals surface area (Å²) in [5.74, 6) is 1.94. The Morgan fingerprint density at radius 2 is 2.00 bits per heavy atom. The van der Waals surface area contributed by atoms with Crippen molar-refractivity contribution < 1.29 is 0 Å². The average Bonchev–Trinajstić information content (AvgIpc) is 3.05. The van der Waals surface area contributed by atoms with Crippen LogP contribution in [-0.2, 0) is 13.1 Å². The average molecular weight is 336 g/mol. The van der Waals surface area contributed by atoms with Crippen molar-refractivity contribution in [3.63, 3.8) is 0 Å². The number of anilines is 1. The fourth-order valence-electron chi connectivity index (χ4n) is 3.63. The first-order valence-electron chi connectivity index (χ1n) is 9.04. The van der Waals surface area contributed by atoms with Crippen LogP contribution in [0.5, 0.6) is 0 Å². The molecule has 1 saturated heterocycles. The van der Waals surface area contributed by atoms with E-state index in [2.05, 4.69) is 49.9 Å². The number of aryl methyl sites for hydroxylation is 1. The number of hydrogen-bond acceptors (Lipinski definition) is 5. The van der Waals surface area contributed by atoms with Crippen molar-refractivity contribution in [2.45, 2.75) is 38.9 Å². The maximum atomic E-state index is 4.81. The molecule has 4 rings (SSSR count). The minimum Gasteiger partial charge on any atom is -0.339 e. The fraction of sp³-hybridized carbons (Fsp3) is 0.421. The number of nitrogens with zero attached hydrogens (tertiary/aromatic N) is 5. The Kier molecular flexibility index (Phi) is 4.61. The lowest BCUT2D eigenvalue weighted by Crippen LogP contribution is -2.46. The zero-order chi connectivity index (χ0) is 17.1. The number of imidazole rings is 1. The monoisotopic (exact) mass is 336 g/mol. The van der Waals surface area contributed by atoms with Gasteiger partial charge in [-0.05, 0) is 38.0 Å². The van der Waals surface area contributed by atoms with Crippen LogP contribution in [0.15, 0.2) is 42.7 Å². The molecule has 130 valence electrons. The van der Waals surface area contributed by atoms with Gasteiger partial charge >= 0.3 is 0 Å². The van der Waals surface area contributed by atoms with Crippen LogP contribution in [0.4, 0.5) is 5.95 Å². The number of fused-ring (bicyclic) bond motifs is 1. The first-order chi connectivity index (χ1) is 12.3. The van der Waals surface area contributed by atoms with Crippen molar-refractivity contribution in [2.75, 3.05) is 18.0 Å². The van der Waals surface area contributed by atoms with Crippen LogP contribution in [0, 0.1) is 0 Å². The summed E-state index contributed by atoms with van der Waals surface area (Å²) in [5.41, 5.74) is 2.29. The minimum atomic E-state index is 0.433. The smallest absolute Gasteiger partial charge is 0.225 e. The number of rotatable bonds is 5. The van der Waals surface area contributed by atoms with E-state index in [1.807, 2.05) is 24.5 Å². The van der Waals surface area contributed by atoms with E-state index in [0.29, 0.717) is 6.04 Å². The van der Waals surface area contributed by atoms with E-state index in [4.69, 9.17) is 4.98 Å². The van der Waals surface area contributed by atoms with Gasteiger partial charge in [0.2, 0.25) is 5.95 Å². The maximum Gasteiger partial charge on any atom is 0.225 e. The van der Waals surface area contributed by atoms with Gasteiger partial charge in [-0.2, -0.15) is 0 Å². The normalized spacial score (nSPS) is 18.0. The first-order valence-corrected chi connectivity index (χ1v) is 9.04. The molecule has 1 atom stereocenters. The molecule has 6 nitrogen and oxygen atoms in total. The zero-order valence-corrected chi connectivity index (χ0v) is 14.6. The first kappa shape index (κ1) is 16.0. The molecule has 0 amide bonds. The van der Waals surface area contributed by atoms with E-state index < -0.39 is 0 Å². The number of aromatic nitrogens is 4. The lowest BCUT2D eigenvalue weighted by molar-refractivity contribution is 0.411. The molecule has 3 heterocycles. The lowest BCUT2D eigenvalue weighted by atomic mass is 10.1. The van der Waals surface area contributed by atoms with Crippen LogP contribution < -0.4 is 10.2 Å². The second kappa shape index (κ2) is 7.19. The molecule has 0 aliphatic carbocycles. The number of nitrogens with one attached hydrogen (secondary N) is 1. The third-order valence-corrected chi connectivity index (χ3v) is 4.86. The van der Waals surface area contributed by atoms with Crippen LogP contribution >= 0.6 is 0 Å².